The topological polar surface area (TPSA) is 128 Å². The zero-order valence-corrected chi connectivity index (χ0v) is 20.8. The van der Waals surface area contributed by atoms with Crippen LogP contribution in [-0.4, -0.2) is 41.8 Å². The number of carbonyl (C=O) groups excluding carboxylic acids is 2. The van der Waals surface area contributed by atoms with Crippen LogP contribution in [0.4, 0.5) is 5.69 Å². The summed E-state index contributed by atoms with van der Waals surface area (Å²) in [4.78, 5) is 32.2. The van der Waals surface area contributed by atoms with Crippen LogP contribution in [0.3, 0.4) is 0 Å². The molecule has 2 aromatic carbocycles. The summed E-state index contributed by atoms with van der Waals surface area (Å²) in [6, 6.07) is 15.8. The van der Waals surface area contributed by atoms with Gasteiger partial charge in [-0.25, -0.2) is 9.97 Å². The number of aliphatic hydroxyl groups is 1. The number of carbonyl (C=O) groups is 2. The van der Waals surface area contributed by atoms with E-state index in [1.165, 1.54) is 28.9 Å². The van der Waals surface area contributed by atoms with E-state index in [0.717, 1.165) is 31.1 Å². The number of thiazole rings is 1. The number of para-hydroxylation sites is 1. The summed E-state index contributed by atoms with van der Waals surface area (Å²) in [5.41, 5.74) is 8.02. The Morgan fingerprint density at radius 3 is 2.86 bits per heavy atom. The molecule has 0 radical (unpaired) electrons. The molecule has 0 saturated heterocycles. The fraction of sp³-hybridized carbons (Fsp3) is 0.200. The quantitative estimate of drug-likeness (QED) is 0.236. The molecular weight excluding hydrogens is 496 g/mol. The van der Waals surface area contributed by atoms with Gasteiger partial charge in [-0.05, 0) is 48.6 Å². The van der Waals surface area contributed by atoms with Crippen molar-refractivity contribution in [2.75, 3.05) is 11.1 Å². The monoisotopic (exact) mass is 520 g/mol. The number of aryl methyl sites for hydroxylation is 1. The molecule has 0 aliphatic rings. The SMILES string of the molecule is NC(=O)c1cn([C@H](O)CCCn2ccc3ccc(NC(=O)CSc4nc5ccccc5s4)cc32)cn1. The second kappa shape index (κ2) is 10.5. The Balaban J connectivity index is 1.16. The van der Waals surface area contributed by atoms with E-state index in [-0.39, 0.29) is 17.4 Å². The van der Waals surface area contributed by atoms with E-state index >= 15 is 0 Å². The van der Waals surface area contributed by atoms with Crippen molar-refractivity contribution in [2.45, 2.75) is 30.0 Å². The number of amides is 2. The van der Waals surface area contributed by atoms with Gasteiger partial charge in [0.25, 0.3) is 5.91 Å². The number of imidazole rings is 1. The van der Waals surface area contributed by atoms with Crippen molar-refractivity contribution in [3.63, 3.8) is 0 Å². The Morgan fingerprint density at radius 2 is 2.06 bits per heavy atom. The van der Waals surface area contributed by atoms with Gasteiger partial charge >= 0.3 is 0 Å². The van der Waals surface area contributed by atoms with Gasteiger partial charge in [-0.1, -0.05) is 30.0 Å². The molecule has 0 aliphatic carbocycles. The zero-order valence-electron chi connectivity index (χ0n) is 19.2. The minimum absolute atomic E-state index is 0.0875. The highest BCUT2D eigenvalue weighted by Gasteiger charge is 2.12. The van der Waals surface area contributed by atoms with Crippen LogP contribution in [0.5, 0.6) is 0 Å². The highest BCUT2D eigenvalue weighted by Crippen LogP contribution is 2.29. The average Bonchev–Trinajstić information content (AvgIpc) is 3.61. The molecule has 3 aromatic heterocycles. The number of nitrogens with zero attached hydrogens (tertiary/aromatic N) is 4. The summed E-state index contributed by atoms with van der Waals surface area (Å²) in [6.45, 7) is 0.683. The molecule has 11 heteroatoms. The third-order valence-electron chi connectivity index (χ3n) is 5.72. The maximum absolute atomic E-state index is 12.6. The zero-order chi connectivity index (χ0) is 25.1. The van der Waals surface area contributed by atoms with Crippen molar-refractivity contribution in [1.29, 1.82) is 0 Å². The van der Waals surface area contributed by atoms with Crippen LogP contribution >= 0.6 is 23.1 Å². The molecule has 1 atom stereocenters. The van der Waals surface area contributed by atoms with Gasteiger partial charge in [0.15, 0.2) is 4.34 Å². The third-order valence-corrected chi connectivity index (χ3v) is 7.90. The molecule has 5 aromatic rings. The number of primary amides is 1. The lowest BCUT2D eigenvalue weighted by atomic mass is 10.2. The van der Waals surface area contributed by atoms with Crippen molar-refractivity contribution in [3.8, 4) is 0 Å². The number of hydrogen-bond acceptors (Lipinski definition) is 7. The summed E-state index contributed by atoms with van der Waals surface area (Å²) in [5, 5.41) is 14.4. The molecule has 3 heterocycles. The summed E-state index contributed by atoms with van der Waals surface area (Å²) in [7, 11) is 0. The molecular formula is C25H24N6O3S2. The largest absolute Gasteiger partial charge is 0.373 e. The number of thioether (sulfide) groups is 1. The molecule has 36 heavy (non-hydrogen) atoms. The standard InChI is InChI=1S/C25H24N6O3S2/c26-24(34)19-13-31(15-27-19)23(33)6-3-10-30-11-9-16-7-8-17(12-20(16)30)28-22(32)14-35-25-29-18-4-1-2-5-21(18)36-25/h1-2,4-5,7-9,11-13,15,23,33H,3,6,10,14H2,(H2,26,34)(H,28,32)/t23-/m1/s1. The summed E-state index contributed by atoms with van der Waals surface area (Å²) >= 11 is 3.02. The normalized spacial score (nSPS) is 12.2. The molecule has 0 aliphatic heterocycles. The molecule has 5 rings (SSSR count). The van der Waals surface area contributed by atoms with E-state index in [4.69, 9.17) is 5.73 Å². The lowest BCUT2D eigenvalue weighted by molar-refractivity contribution is -0.113. The van der Waals surface area contributed by atoms with Crippen molar-refractivity contribution in [1.82, 2.24) is 19.1 Å². The number of benzene rings is 2. The van der Waals surface area contributed by atoms with E-state index in [9.17, 15) is 14.7 Å². The van der Waals surface area contributed by atoms with Crippen molar-refractivity contribution < 1.29 is 14.7 Å². The van der Waals surface area contributed by atoms with Gasteiger partial charge in [0.1, 0.15) is 11.9 Å². The second-order valence-corrected chi connectivity index (χ2v) is 10.5. The van der Waals surface area contributed by atoms with Crippen molar-refractivity contribution in [2.24, 2.45) is 5.73 Å². The van der Waals surface area contributed by atoms with Crippen LogP contribution in [0.15, 0.2) is 71.6 Å². The summed E-state index contributed by atoms with van der Waals surface area (Å²) < 4.78 is 5.56. The fourth-order valence-electron chi connectivity index (χ4n) is 3.91. The molecule has 0 spiro atoms. The van der Waals surface area contributed by atoms with Gasteiger partial charge in [0.05, 0.1) is 27.8 Å². The van der Waals surface area contributed by atoms with Crippen LogP contribution in [-0.2, 0) is 11.3 Å². The Hall–Kier alpha value is -3.67. The summed E-state index contributed by atoms with van der Waals surface area (Å²) in [5.74, 6) is -0.434. The maximum Gasteiger partial charge on any atom is 0.268 e. The first-order chi connectivity index (χ1) is 17.5. The number of rotatable bonds is 10. The van der Waals surface area contributed by atoms with E-state index in [2.05, 4.69) is 19.9 Å². The number of aliphatic hydroxyl groups excluding tert-OH is 1. The highest BCUT2D eigenvalue weighted by molar-refractivity contribution is 8.01. The maximum atomic E-state index is 12.6. The predicted octanol–water partition coefficient (Wildman–Crippen LogP) is 4.25. The minimum Gasteiger partial charge on any atom is -0.373 e. The Kier molecular flexibility index (Phi) is 7.03. The number of anilines is 1. The molecule has 0 unspecified atom stereocenters. The van der Waals surface area contributed by atoms with Crippen LogP contribution in [0.25, 0.3) is 21.1 Å². The van der Waals surface area contributed by atoms with E-state index in [0.29, 0.717) is 19.4 Å². The lowest BCUT2D eigenvalue weighted by Gasteiger charge is -2.13. The van der Waals surface area contributed by atoms with Crippen LogP contribution in [0.1, 0.15) is 29.6 Å². The van der Waals surface area contributed by atoms with Crippen molar-refractivity contribution in [3.05, 3.63) is 72.9 Å². The predicted molar refractivity (Wildman–Crippen MR) is 142 cm³/mol. The number of nitrogens with two attached hydrogens (primary N) is 1. The minimum atomic E-state index is -0.796. The number of nitrogens with one attached hydrogen (secondary N) is 1. The molecule has 184 valence electrons. The van der Waals surface area contributed by atoms with E-state index in [1.807, 2.05) is 54.7 Å². The van der Waals surface area contributed by atoms with Crippen molar-refractivity contribution >= 4 is 61.7 Å². The molecule has 9 nitrogen and oxygen atoms in total. The Bertz CT molecular complexity index is 1510. The van der Waals surface area contributed by atoms with Gasteiger partial charge in [-0.2, -0.15) is 0 Å². The molecule has 4 N–H and O–H groups in total. The van der Waals surface area contributed by atoms with Gasteiger partial charge in [-0.3, -0.25) is 9.59 Å². The first-order valence-corrected chi connectivity index (χ1v) is 13.1. The van der Waals surface area contributed by atoms with E-state index in [1.54, 1.807) is 11.3 Å². The smallest absolute Gasteiger partial charge is 0.268 e. The van der Waals surface area contributed by atoms with Gasteiger partial charge < -0.3 is 25.3 Å². The molecule has 0 bridgehead atoms. The van der Waals surface area contributed by atoms with Gasteiger partial charge in [-0.15, -0.1) is 11.3 Å². The second-order valence-electron chi connectivity index (χ2n) is 8.26. The average molecular weight is 521 g/mol. The lowest BCUT2D eigenvalue weighted by Crippen LogP contribution is -2.14. The highest BCUT2D eigenvalue weighted by atomic mass is 32.2. The van der Waals surface area contributed by atoms with Gasteiger partial charge in [0, 0.05) is 24.6 Å². The van der Waals surface area contributed by atoms with Crippen LogP contribution in [0.2, 0.25) is 0 Å². The molecule has 2 amide bonds. The van der Waals surface area contributed by atoms with Crippen LogP contribution < -0.4 is 11.1 Å². The first kappa shape index (κ1) is 24.0. The fourth-order valence-corrected chi connectivity index (χ4v) is 5.78. The molecule has 0 fully saturated rings. The van der Waals surface area contributed by atoms with Crippen LogP contribution in [0, 0.1) is 0 Å². The number of hydrogen-bond donors (Lipinski definition) is 3. The first-order valence-electron chi connectivity index (χ1n) is 11.3. The number of fused-ring (bicyclic) bond motifs is 2. The Morgan fingerprint density at radius 1 is 1.19 bits per heavy atom. The van der Waals surface area contributed by atoms with E-state index < -0.39 is 12.1 Å². The molecule has 0 saturated carbocycles. The summed E-state index contributed by atoms with van der Waals surface area (Å²) in [6.07, 6.45) is 5.23. The van der Waals surface area contributed by atoms with Gasteiger partial charge in [0.2, 0.25) is 5.91 Å². The number of aromatic nitrogens is 4. The third kappa shape index (κ3) is 5.43. The Labute approximate surface area is 215 Å².